The lowest BCUT2D eigenvalue weighted by molar-refractivity contribution is -0.125. The maximum Gasteiger partial charge on any atom is 0.224 e. The van der Waals surface area contributed by atoms with Gasteiger partial charge in [-0.25, -0.2) is 0 Å². The van der Waals surface area contributed by atoms with Crippen molar-refractivity contribution in [3.05, 3.63) is 34.9 Å². The van der Waals surface area contributed by atoms with Crippen molar-refractivity contribution in [2.75, 3.05) is 13.1 Å². The van der Waals surface area contributed by atoms with Crippen molar-refractivity contribution in [3.63, 3.8) is 0 Å². The number of carbonyl (C=O) groups is 2. The lowest BCUT2D eigenvalue weighted by atomic mass is 9.93. The molecule has 0 saturated heterocycles. The summed E-state index contributed by atoms with van der Waals surface area (Å²) in [5.74, 6) is -0.979. The van der Waals surface area contributed by atoms with Crippen LogP contribution in [0.15, 0.2) is 24.3 Å². The molecule has 0 aromatic heterocycles. The Kier molecular flexibility index (Phi) is 8.20. The van der Waals surface area contributed by atoms with E-state index in [2.05, 4.69) is 10.6 Å². The number of hydrogen-bond donors (Lipinski definition) is 2. The van der Waals surface area contributed by atoms with Crippen molar-refractivity contribution in [2.45, 2.75) is 19.3 Å². The Morgan fingerprint density at radius 2 is 1.70 bits per heavy atom. The zero-order valence-electron chi connectivity index (χ0n) is 12.5. The van der Waals surface area contributed by atoms with Crippen LogP contribution >= 0.6 is 11.6 Å². The Morgan fingerprint density at radius 3 is 2.30 bits per heavy atom. The quantitative estimate of drug-likeness (QED) is 0.704. The lowest BCUT2D eigenvalue weighted by Crippen LogP contribution is -2.33. The van der Waals surface area contributed by atoms with Gasteiger partial charge in [0.15, 0.2) is 0 Å². The predicted octanol–water partition coefficient (Wildman–Crippen LogP) is 1.56. The van der Waals surface area contributed by atoms with Crippen LogP contribution in [-0.2, 0) is 16.0 Å². The Morgan fingerprint density at radius 1 is 1.09 bits per heavy atom. The van der Waals surface area contributed by atoms with E-state index in [1.807, 2.05) is 24.3 Å². The molecule has 23 heavy (non-hydrogen) atoms. The molecule has 120 valence electrons. The topological polar surface area (TPSA) is 106 Å². The lowest BCUT2D eigenvalue weighted by Gasteiger charge is -2.16. The molecule has 0 bridgehead atoms. The second kappa shape index (κ2) is 10.2. The fourth-order valence-electron chi connectivity index (χ4n) is 2.03. The molecule has 0 spiro atoms. The summed E-state index contributed by atoms with van der Waals surface area (Å²) in [7, 11) is 0. The van der Waals surface area contributed by atoms with Gasteiger partial charge in [0, 0.05) is 17.4 Å². The van der Waals surface area contributed by atoms with E-state index in [1.165, 1.54) is 0 Å². The average Bonchev–Trinajstić information content (AvgIpc) is 2.56. The molecule has 0 unspecified atom stereocenters. The molecule has 0 aliphatic rings. The molecule has 1 aromatic carbocycles. The number of carbonyl (C=O) groups excluding carboxylic acids is 2. The zero-order chi connectivity index (χ0) is 17.1. The predicted molar refractivity (Wildman–Crippen MR) is 85.1 cm³/mol. The summed E-state index contributed by atoms with van der Waals surface area (Å²) in [5, 5.41) is 22.6. The van der Waals surface area contributed by atoms with Gasteiger partial charge in [-0.3, -0.25) is 9.59 Å². The number of nitrogens with one attached hydrogen (secondary N) is 2. The maximum absolute atomic E-state index is 12.1. The molecule has 7 heteroatoms. The summed E-state index contributed by atoms with van der Waals surface area (Å²) < 4.78 is 0. The summed E-state index contributed by atoms with van der Waals surface area (Å²) in [4.78, 5) is 23.7. The third-order valence-corrected chi connectivity index (χ3v) is 3.44. The highest BCUT2D eigenvalue weighted by molar-refractivity contribution is 6.30. The first-order chi connectivity index (χ1) is 11.1. The number of benzene rings is 1. The minimum absolute atomic E-state index is 0.0543. The Balaban J connectivity index is 2.67. The monoisotopic (exact) mass is 332 g/mol. The van der Waals surface area contributed by atoms with Crippen LogP contribution in [-0.4, -0.2) is 24.9 Å². The van der Waals surface area contributed by atoms with E-state index in [-0.39, 0.29) is 31.3 Å². The van der Waals surface area contributed by atoms with E-state index >= 15 is 0 Å². The number of halogens is 1. The van der Waals surface area contributed by atoms with Gasteiger partial charge in [-0.15, -0.1) is 0 Å². The third kappa shape index (κ3) is 7.30. The van der Waals surface area contributed by atoms with E-state index in [4.69, 9.17) is 22.1 Å². The largest absolute Gasteiger partial charge is 0.343 e. The molecule has 1 rings (SSSR count). The Hall–Kier alpha value is -2.57. The Bertz CT molecular complexity index is 616. The first-order valence-corrected chi connectivity index (χ1v) is 7.47. The maximum atomic E-state index is 12.1. The third-order valence-electron chi connectivity index (χ3n) is 3.19. The van der Waals surface area contributed by atoms with Crippen LogP contribution in [0.25, 0.3) is 0 Å². The van der Waals surface area contributed by atoms with Gasteiger partial charge < -0.3 is 10.6 Å². The molecule has 1 atom stereocenters. The molecule has 1 aromatic rings. The van der Waals surface area contributed by atoms with Gasteiger partial charge in [-0.2, -0.15) is 10.5 Å². The Labute approximate surface area is 140 Å². The number of hydrogen-bond acceptors (Lipinski definition) is 4. The molecular weight excluding hydrogens is 316 g/mol. The zero-order valence-corrected chi connectivity index (χ0v) is 13.3. The second-order valence-corrected chi connectivity index (χ2v) is 5.31. The molecule has 2 amide bonds. The van der Waals surface area contributed by atoms with Gasteiger partial charge in [0.25, 0.3) is 0 Å². The molecule has 0 heterocycles. The van der Waals surface area contributed by atoms with E-state index in [9.17, 15) is 9.59 Å². The summed E-state index contributed by atoms with van der Waals surface area (Å²) >= 11 is 5.84. The van der Waals surface area contributed by atoms with Crippen molar-refractivity contribution < 1.29 is 9.59 Å². The minimum atomic E-state index is -0.433. The van der Waals surface area contributed by atoms with Crippen molar-refractivity contribution in [1.82, 2.24) is 10.6 Å². The highest BCUT2D eigenvalue weighted by Crippen LogP contribution is 2.17. The van der Waals surface area contributed by atoms with Crippen molar-refractivity contribution in [2.24, 2.45) is 5.92 Å². The molecule has 0 saturated carbocycles. The number of amides is 2. The average molecular weight is 333 g/mol. The van der Waals surface area contributed by atoms with Gasteiger partial charge in [-0.1, -0.05) is 23.7 Å². The normalized spacial score (nSPS) is 10.9. The summed E-state index contributed by atoms with van der Waals surface area (Å²) in [6.07, 6.45) is 0.914. The van der Waals surface area contributed by atoms with Crippen LogP contribution in [0.4, 0.5) is 0 Å². The van der Waals surface area contributed by atoms with Crippen molar-refractivity contribution in [1.29, 1.82) is 10.5 Å². The number of nitrogens with zero attached hydrogens (tertiary/aromatic N) is 2. The first kappa shape index (κ1) is 18.5. The molecule has 0 fully saturated rings. The molecule has 6 nitrogen and oxygen atoms in total. The number of nitriles is 2. The van der Waals surface area contributed by atoms with Crippen molar-refractivity contribution in [3.8, 4) is 12.1 Å². The van der Waals surface area contributed by atoms with Gasteiger partial charge in [0.2, 0.25) is 11.8 Å². The van der Waals surface area contributed by atoms with Gasteiger partial charge in [0.1, 0.15) is 13.1 Å². The van der Waals surface area contributed by atoms with E-state index < -0.39 is 5.92 Å². The molecule has 0 aliphatic heterocycles. The summed E-state index contributed by atoms with van der Waals surface area (Å²) in [5.41, 5.74) is 0.920. The van der Waals surface area contributed by atoms with E-state index in [1.54, 1.807) is 12.1 Å². The molecule has 2 N–H and O–H groups in total. The van der Waals surface area contributed by atoms with Gasteiger partial charge >= 0.3 is 0 Å². The summed E-state index contributed by atoms with van der Waals surface area (Å²) in [6, 6.07) is 10.8. The highest BCUT2D eigenvalue weighted by Gasteiger charge is 2.20. The van der Waals surface area contributed by atoms with Crippen LogP contribution in [0.5, 0.6) is 0 Å². The number of rotatable bonds is 8. The SMILES string of the molecule is N#CCNC(=O)CC[C@H](Cc1ccc(Cl)cc1)C(=O)NCC#N. The molecule has 0 radical (unpaired) electrons. The van der Waals surface area contributed by atoms with Crippen LogP contribution < -0.4 is 10.6 Å². The van der Waals surface area contributed by atoms with Crippen LogP contribution in [0.1, 0.15) is 18.4 Å². The minimum Gasteiger partial charge on any atom is -0.343 e. The summed E-state index contributed by atoms with van der Waals surface area (Å²) in [6.45, 7) is -0.127. The van der Waals surface area contributed by atoms with Crippen LogP contribution in [0.2, 0.25) is 5.02 Å². The van der Waals surface area contributed by atoms with Crippen molar-refractivity contribution >= 4 is 23.4 Å². The van der Waals surface area contributed by atoms with Crippen LogP contribution in [0.3, 0.4) is 0 Å². The van der Waals surface area contributed by atoms with Crippen LogP contribution in [0, 0.1) is 28.6 Å². The second-order valence-electron chi connectivity index (χ2n) is 4.88. The van der Waals surface area contributed by atoms with E-state index in [0.29, 0.717) is 17.9 Å². The fraction of sp³-hybridized carbons (Fsp3) is 0.375. The van der Waals surface area contributed by atoms with Gasteiger partial charge in [-0.05, 0) is 30.5 Å². The van der Waals surface area contributed by atoms with E-state index in [0.717, 1.165) is 5.56 Å². The molecule has 0 aliphatic carbocycles. The fourth-order valence-corrected chi connectivity index (χ4v) is 2.16. The smallest absolute Gasteiger partial charge is 0.224 e. The first-order valence-electron chi connectivity index (χ1n) is 7.09. The highest BCUT2D eigenvalue weighted by atomic mass is 35.5. The standard InChI is InChI=1S/C16H17ClN4O2/c17-14-4-1-12(2-5-14)11-13(16(23)21-10-8-19)3-6-15(22)20-9-7-18/h1-2,4-5,13H,3,6,9-11H2,(H,20,22)(H,21,23)/t13-/m1/s1. The van der Waals surface area contributed by atoms with Gasteiger partial charge in [0.05, 0.1) is 12.1 Å². The molecular formula is C16H17ClN4O2.